The minimum absolute atomic E-state index is 0.0208. The number of hydrogen-bond acceptors (Lipinski definition) is 6. The normalized spacial score (nSPS) is 22.0. The molecular weight excluding hydrogens is 460 g/mol. The lowest BCUT2D eigenvalue weighted by molar-refractivity contribution is 0.0690. The predicted molar refractivity (Wildman–Crippen MR) is 136 cm³/mol. The minimum atomic E-state index is -0.152. The number of carbonyl (C=O) groups excluding carboxylic acids is 2. The Morgan fingerprint density at radius 2 is 2.09 bits per heavy atom. The van der Waals surface area contributed by atoms with E-state index in [1.165, 1.54) is 0 Å². The molecule has 3 aliphatic rings. The van der Waals surface area contributed by atoms with E-state index in [0.29, 0.717) is 48.5 Å². The van der Waals surface area contributed by atoms with Gasteiger partial charge in [0.15, 0.2) is 0 Å². The van der Waals surface area contributed by atoms with E-state index in [0.717, 1.165) is 39.7 Å². The Balaban J connectivity index is 1.21. The molecule has 7 nitrogen and oxygen atoms in total. The smallest absolute Gasteiger partial charge is 0.274 e. The Bertz CT molecular complexity index is 1320. The molecule has 0 spiro atoms. The van der Waals surface area contributed by atoms with Gasteiger partial charge in [-0.1, -0.05) is 35.9 Å². The van der Waals surface area contributed by atoms with Crippen molar-refractivity contribution in [2.24, 2.45) is 11.8 Å². The van der Waals surface area contributed by atoms with Crippen LogP contribution in [-0.2, 0) is 0 Å². The number of benzene rings is 2. The van der Waals surface area contributed by atoms with Gasteiger partial charge in [-0.2, -0.15) is 0 Å². The number of rotatable bonds is 5. The van der Waals surface area contributed by atoms with E-state index in [1.807, 2.05) is 36.1 Å². The van der Waals surface area contributed by atoms with Gasteiger partial charge in [-0.15, -0.1) is 11.3 Å². The van der Waals surface area contributed by atoms with Gasteiger partial charge in [0.25, 0.3) is 11.8 Å². The third kappa shape index (κ3) is 4.05. The summed E-state index contributed by atoms with van der Waals surface area (Å²) in [4.78, 5) is 34.3. The standard InChI is InChI=1S/C27H28N4O3S/c1-15-5-3-6-17(11-15)25-24(30-16(2)35-25)27(33)31-14-18-12-20(18)21(31)13-29-26(32)19-7-4-8-22-23(19)28-9-10-34-22/h3-8,11,18,20-21,28H,9-10,12-14H2,1-2H3,(H,29,32)/t18-,20-,21-/m1/s1. The van der Waals surface area contributed by atoms with Crippen LogP contribution in [0.5, 0.6) is 5.75 Å². The zero-order chi connectivity index (χ0) is 24.1. The van der Waals surface area contributed by atoms with Crippen molar-refractivity contribution < 1.29 is 14.3 Å². The van der Waals surface area contributed by atoms with E-state index >= 15 is 0 Å². The Morgan fingerprint density at radius 3 is 2.94 bits per heavy atom. The first-order chi connectivity index (χ1) is 17.0. The molecule has 2 N–H and O–H groups in total. The van der Waals surface area contributed by atoms with Crippen molar-refractivity contribution >= 4 is 28.8 Å². The molecule has 0 unspecified atom stereocenters. The van der Waals surface area contributed by atoms with E-state index in [1.54, 1.807) is 17.4 Å². The molecule has 3 heterocycles. The lowest BCUT2D eigenvalue weighted by Gasteiger charge is -2.28. The number of likely N-dealkylation sites (tertiary alicyclic amines) is 1. The fourth-order valence-electron chi connectivity index (χ4n) is 5.41. The second kappa shape index (κ2) is 8.68. The summed E-state index contributed by atoms with van der Waals surface area (Å²) in [5, 5.41) is 7.25. The monoisotopic (exact) mass is 488 g/mol. The third-order valence-electron chi connectivity index (χ3n) is 7.18. The number of fused-ring (bicyclic) bond motifs is 2. The van der Waals surface area contributed by atoms with Crippen LogP contribution in [0.2, 0.25) is 0 Å². The Hall–Kier alpha value is -3.39. The zero-order valence-corrected chi connectivity index (χ0v) is 20.7. The first-order valence-corrected chi connectivity index (χ1v) is 12.9. The van der Waals surface area contributed by atoms with Crippen LogP contribution in [0.25, 0.3) is 10.4 Å². The van der Waals surface area contributed by atoms with Gasteiger partial charge in [-0.25, -0.2) is 4.98 Å². The molecule has 35 heavy (non-hydrogen) atoms. The summed E-state index contributed by atoms with van der Waals surface area (Å²) in [5.41, 5.74) is 4.01. The van der Waals surface area contributed by atoms with Crippen LogP contribution in [0, 0.1) is 25.7 Å². The summed E-state index contributed by atoms with van der Waals surface area (Å²) in [6, 6.07) is 13.7. The van der Waals surface area contributed by atoms with Crippen molar-refractivity contribution in [2.45, 2.75) is 26.3 Å². The number of carbonyl (C=O) groups is 2. The third-order valence-corrected chi connectivity index (χ3v) is 8.20. The molecule has 6 rings (SSSR count). The molecule has 2 amide bonds. The number of anilines is 1. The minimum Gasteiger partial charge on any atom is -0.490 e. The number of nitrogens with one attached hydrogen (secondary N) is 2. The molecule has 3 atom stereocenters. The Kier molecular flexibility index (Phi) is 5.48. The van der Waals surface area contributed by atoms with Gasteiger partial charge in [0.05, 0.1) is 27.2 Å². The maximum atomic E-state index is 13.8. The summed E-state index contributed by atoms with van der Waals surface area (Å²) >= 11 is 1.56. The van der Waals surface area contributed by atoms with Gasteiger partial charge >= 0.3 is 0 Å². The number of nitrogens with zero attached hydrogens (tertiary/aromatic N) is 2. The van der Waals surface area contributed by atoms with E-state index in [4.69, 9.17) is 4.74 Å². The highest BCUT2D eigenvalue weighted by molar-refractivity contribution is 7.15. The number of piperidine rings is 1. The van der Waals surface area contributed by atoms with Crippen molar-refractivity contribution in [3.8, 4) is 16.2 Å². The summed E-state index contributed by atoms with van der Waals surface area (Å²) < 4.78 is 5.67. The van der Waals surface area contributed by atoms with Crippen LogP contribution in [0.1, 0.15) is 37.8 Å². The van der Waals surface area contributed by atoms with Crippen LogP contribution in [0.4, 0.5) is 5.69 Å². The SMILES string of the molecule is Cc1cccc(-c2sc(C)nc2C(=O)N2C[C@H]3C[C@H]3[C@H]2CNC(=O)c2cccc3c2NCCO3)c1. The maximum absolute atomic E-state index is 13.8. The van der Waals surface area contributed by atoms with Gasteiger partial charge in [0.1, 0.15) is 18.1 Å². The highest BCUT2D eigenvalue weighted by atomic mass is 32.1. The largest absolute Gasteiger partial charge is 0.490 e. The fourth-order valence-corrected chi connectivity index (χ4v) is 6.32. The molecule has 0 radical (unpaired) electrons. The lowest BCUT2D eigenvalue weighted by atomic mass is 10.1. The predicted octanol–water partition coefficient (Wildman–Crippen LogP) is 4.12. The highest BCUT2D eigenvalue weighted by Gasteiger charge is 2.54. The van der Waals surface area contributed by atoms with E-state index < -0.39 is 0 Å². The molecule has 2 fully saturated rings. The maximum Gasteiger partial charge on any atom is 0.274 e. The summed E-state index contributed by atoms with van der Waals surface area (Å²) in [5.74, 6) is 1.47. The number of aromatic nitrogens is 1. The Morgan fingerprint density at radius 1 is 1.23 bits per heavy atom. The van der Waals surface area contributed by atoms with Crippen LogP contribution >= 0.6 is 11.3 Å². The molecule has 3 aromatic rings. The lowest BCUT2D eigenvalue weighted by Crippen LogP contribution is -2.46. The van der Waals surface area contributed by atoms with Crippen LogP contribution in [0.15, 0.2) is 42.5 Å². The Labute approximate surface area is 208 Å². The van der Waals surface area contributed by atoms with Crippen LogP contribution in [0.3, 0.4) is 0 Å². The van der Waals surface area contributed by atoms with E-state index in [2.05, 4.69) is 34.7 Å². The molecule has 1 aliphatic carbocycles. The molecular formula is C27H28N4O3S. The topological polar surface area (TPSA) is 83.6 Å². The number of hydrogen-bond donors (Lipinski definition) is 2. The number of aryl methyl sites for hydroxylation is 2. The average Bonchev–Trinajstić information content (AvgIpc) is 3.38. The molecule has 0 bridgehead atoms. The molecule has 2 aromatic carbocycles. The van der Waals surface area contributed by atoms with Gasteiger partial charge in [-0.05, 0) is 49.8 Å². The van der Waals surface area contributed by atoms with Crippen molar-refractivity contribution in [2.75, 3.05) is 31.6 Å². The molecule has 1 saturated heterocycles. The second-order valence-corrected chi connectivity index (χ2v) is 10.8. The summed E-state index contributed by atoms with van der Waals surface area (Å²) in [6.45, 7) is 6.40. The average molecular weight is 489 g/mol. The van der Waals surface area contributed by atoms with Crippen LogP contribution in [-0.4, -0.2) is 54.0 Å². The van der Waals surface area contributed by atoms with Gasteiger partial charge in [-0.3, -0.25) is 9.59 Å². The number of ether oxygens (including phenoxy) is 1. The van der Waals surface area contributed by atoms with Crippen molar-refractivity contribution in [3.63, 3.8) is 0 Å². The highest BCUT2D eigenvalue weighted by Crippen LogP contribution is 2.50. The van der Waals surface area contributed by atoms with Crippen molar-refractivity contribution in [1.29, 1.82) is 0 Å². The quantitative estimate of drug-likeness (QED) is 0.565. The fraction of sp³-hybridized carbons (Fsp3) is 0.370. The van der Waals surface area contributed by atoms with Crippen LogP contribution < -0.4 is 15.4 Å². The molecule has 180 valence electrons. The van der Waals surface area contributed by atoms with Crippen molar-refractivity contribution in [3.05, 3.63) is 64.3 Å². The van der Waals surface area contributed by atoms with Gasteiger partial charge in [0, 0.05) is 19.6 Å². The number of amides is 2. The van der Waals surface area contributed by atoms with Gasteiger partial charge < -0.3 is 20.3 Å². The van der Waals surface area contributed by atoms with E-state index in [-0.39, 0.29) is 17.9 Å². The van der Waals surface area contributed by atoms with Crippen molar-refractivity contribution in [1.82, 2.24) is 15.2 Å². The first kappa shape index (κ1) is 22.1. The molecule has 1 saturated carbocycles. The first-order valence-electron chi connectivity index (χ1n) is 12.1. The summed E-state index contributed by atoms with van der Waals surface area (Å²) in [6.07, 6.45) is 1.11. The molecule has 1 aromatic heterocycles. The number of thiazole rings is 1. The molecule has 8 heteroatoms. The summed E-state index contributed by atoms with van der Waals surface area (Å²) in [7, 11) is 0. The van der Waals surface area contributed by atoms with E-state index in [9.17, 15) is 9.59 Å². The molecule has 2 aliphatic heterocycles. The van der Waals surface area contributed by atoms with Gasteiger partial charge in [0.2, 0.25) is 0 Å². The zero-order valence-electron chi connectivity index (χ0n) is 19.8. The second-order valence-electron chi connectivity index (χ2n) is 9.63. The number of para-hydroxylation sites is 1.